The minimum Gasteiger partial charge on any atom is -0.481 e. The molecule has 0 bridgehead atoms. The van der Waals surface area contributed by atoms with Crippen molar-refractivity contribution in [2.45, 2.75) is 26.4 Å². The van der Waals surface area contributed by atoms with E-state index in [9.17, 15) is 0 Å². The molecule has 0 radical (unpaired) electrons. The van der Waals surface area contributed by atoms with Crippen molar-refractivity contribution < 1.29 is 4.74 Å². The number of aromatic nitrogens is 2. The smallest absolute Gasteiger partial charge is 0.153 e. The fourth-order valence-corrected chi connectivity index (χ4v) is 4.13. The van der Waals surface area contributed by atoms with E-state index >= 15 is 0 Å². The molecule has 30 heavy (non-hydrogen) atoms. The number of ether oxygens (including phenoxy) is 1. The number of hydrogen-bond donors (Lipinski definition) is 0. The predicted molar refractivity (Wildman–Crippen MR) is 121 cm³/mol. The third-order valence-electron chi connectivity index (χ3n) is 5.74. The van der Waals surface area contributed by atoms with Crippen LogP contribution in [0.15, 0.2) is 91.0 Å². The summed E-state index contributed by atoms with van der Waals surface area (Å²) in [6.45, 7) is 4.22. The largest absolute Gasteiger partial charge is 0.481 e. The van der Waals surface area contributed by atoms with Gasteiger partial charge in [0.2, 0.25) is 0 Å². The Labute approximate surface area is 177 Å². The zero-order valence-corrected chi connectivity index (χ0v) is 17.2. The standard InChI is InChI=1S/C27H24N2O/c1-19-20(2)28-29-25(19)24(18-21-12-6-3-7-13-21)30-27(23-16-10-5-11-17-23)26(29)22-14-8-4-9-15-22/h3-17,24H,18H2,1-2H3. The van der Waals surface area contributed by atoms with Crippen LogP contribution in [0.2, 0.25) is 0 Å². The van der Waals surface area contributed by atoms with Crippen LogP contribution in [-0.2, 0) is 11.2 Å². The molecule has 0 spiro atoms. The highest BCUT2D eigenvalue weighted by Crippen LogP contribution is 2.42. The number of aryl methyl sites for hydroxylation is 1. The summed E-state index contributed by atoms with van der Waals surface area (Å²) < 4.78 is 8.89. The molecular formula is C27H24N2O. The van der Waals surface area contributed by atoms with E-state index in [2.05, 4.69) is 91.3 Å². The van der Waals surface area contributed by atoms with Crippen molar-refractivity contribution in [3.63, 3.8) is 0 Å². The molecule has 2 heterocycles. The van der Waals surface area contributed by atoms with Gasteiger partial charge >= 0.3 is 0 Å². The SMILES string of the molecule is Cc1nn2c(c1C)C(Cc1ccccc1)OC(c1ccccc1)=C2c1ccccc1. The van der Waals surface area contributed by atoms with E-state index < -0.39 is 0 Å². The molecule has 3 aromatic carbocycles. The van der Waals surface area contributed by atoms with Crippen molar-refractivity contribution in [2.75, 3.05) is 0 Å². The Morgan fingerprint density at radius 3 is 1.97 bits per heavy atom. The van der Waals surface area contributed by atoms with Crippen LogP contribution in [-0.4, -0.2) is 9.78 Å². The maximum absolute atomic E-state index is 6.78. The molecule has 0 amide bonds. The summed E-state index contributed by atoms with van der Waals surface area (Å²) >= 11 is 0. The topological polar surface area (TPSA) is 27.1 Å². The van der Waals surface area contributed by atoms with Crippen LogP contribution >= 0.6 is 0 Å². The van der Waals surface area contributed by atoms with E-state index in [-0.39, 0.29) is 6.10 Å². The Morgan fingerprint density at radius 1 is 0.767 bits per heavy atom. The second-order valence-electron chi connectivity index (χ2n) is 7.71. The molecule has 4 aromatic rings. The Hall–Kier alpha value is -3.59. The van der Waals surface area contributed by atoms with E-state index in [1.54, 1.807) is 0 Å². The van der Waals surface area contributed by atoms with Gasteiger partial charge in [-0.1, -0.05) is 91.0 Å². The number of benzene rings is 3. The molecule has 0 fully saturated rings. The molecule has 1 unspecified atom stereocenters. The van der Waals surface area contributed by atoms with Crippen molar-refractivity contribution >= 4 is 11.5 Å². The van der Waals surface area contributed by atoms with Gasteiger partial charge in [-0.25, -0.2) is 4.68 Å². The van der Waals surface area contributed by atoms with Crippen LogP contribution in [0.25, 0.3) is 11.5 Å². The van der Waals surface area contributed by atoms with Gasteiger partial charge in [-0.3, -0.25) is 0 Å². The van der Waals surface area contributed by atoms with E-state index in [0.717, 1.165) is 40.4 Å². The fraction of sp³-hybridized carbons (Fsp3) is 0.148. The van der Waals surface area contributed by atoms with Crippen molar-refractivity contribution in [3.8, 4) is 0 Å². The summed E-state index contributed by atoms with van der Waals surface area (Å²) in [7, 11) is 0. The summed E-state index contributed by atoms with van der Waals surface area (Å²) in [4.78, 5) is 0. The molecular weight excluding hydrogens is 368 g/mol. The van der Waals surface area contributed by atoms with Crippen molar-refractivity contribution in [3.05, 3.63) is 125 Å². The van der Waals surface area contributed by atoms with E-state index in [1.165, 1.54) is 11.1 Å². The van der Waals surface area contributed by atoms with Crippen LogP contribution in [0.5, 0.6) is 0 Å². The molecule has 0 saturated carbocycles. The lowest BCUT2D eigenvalue weighted by atomic mass is 9.98. The first-order chi connectivity index (χ1) is 14.7. The molecule has 3 heteroatoms. The average Bonchev–Trinajstić information content (AvgIpc) is 3.10. The van der Waals surface area contributed by atoms with Crippen molar-refractivity contribution in [1.29, 1.82) is 0 Å². The first kappa shape index (κ1) is 18.4. The van der Waals surface area contributed by atoms with E-state index in [4.69, 9.17) is 9.84 Å². The predicted octanol–water partition coefficient (Wildman–Crippen LogP) is 6.19. The second kappa shape index (κ2) is 7.68. The van der Waals surface area contributed by atoms with Gasteiger partial charge in [0.05, 0.1) is 11.4 Å². The quantitative estimate of drug-likeness (QED) is 0.414. The van der Waals surface area contributed by atoms with Gasteiger partial charge in [-0.15, -0.1) is 0 Å². The number of fused-ring (bicyclic) bond motifs is 1. The van der Waals surface area contributed by atoms with Gasteiger partial charge in [0, 0.05) is 17.5 Å². The maximum Gasteiger partial charge on any atom is 0.153 e. The van der Waals surface area contributed by atoms with Gasteiger partial charge in [0.1, 0.15) is 11.8 Å². The van der Waals surface area contributed by atoms with E-state index in [1.807, 2.05) is 18.2 Å². The Morgan fingerprint density at radius 2 is 1.33 bits per heavy atom. The first-order valence-electron chi connectivity index (χ1n) is 10.3. The summed E-state index contributed by atoms with van der Waals surface area (Å²) in [6.07, 6.45) is 0.696. The third-order valence-corrected chi connectivity index (χ3v) is 5.74. The van der Waals surface area contributed by atoms with Gasteiger partial charge in [0.15, 0.2) is 5.76 Å². The lowest BCUT2D eigenvalue weighted by molar-refractivity contribution is 0.154. The monoisotopic (exact) mass is 392 g/mol. The molecule has 1 aliphatic heterocycles. The van der Waals surface area contributed by atoms with Crippen LogP contribution < -0.4 is 0 Å². The normalized spacial score (nSPS) is 15.6. The summed E-state index contributed by atoms with van der Waals surface area (Å²) in [5, 5.41) is 4.95. The minimum absolute atomic E-state index is 0.101. The van der Waals surface area contributed by atoms with Crippen LogP contribution in [0.1, 0.15) is 39.7 Å². The lowest BCUT2D eigenvalue weighted by Crippen LogP contribution is -2.22. The number of hydrogen-bond acceptors (Lipinski definition) is 2. The second-order valence-corrected chi connectivity index (χ2v) is 7.71. The molecule has 1 atom stereocenters. The number of rotatable bonds is 4. The maximum atomic E-state index is 6.78. The average molecular weight is 393 g/mol. The molecule has 3 nitrogen and oxygen atoms in total. The molecule has 1 aliphatic rings. The highest BCUT2D eigenvalue weighted by Gasteiger charge is 2.33. The summed E-state index contributed by atoms with van der Waals surface area (Å²) in [5.74, 6) is 0.873. The first-order valence-corrected chi connectivity index (χ1v) is 10.3. The Balaban J connectivity index is 1.73. The lowest BCUT2D eigenvalue weighted by Gasteiger charge is -2.31. The molecule has 148 valence electrons. The van der Waals surface area contributed by atoms with Crippen LogP contribution in [0, 0.1) is 13.8 Å². The highest BCUT2D eigenvalue weighted by molar-refractivity contribution is 5.88. The Bertz CT molecular complexity index is 1190. The van der Waals surface area contributed by atoms with Gasteiger partial charge in [0.25, 0.3) is 0 Å². The third kappa shape index (κ3) is 3.22. The molecule has 0 N–H and O–H groups in total. The van der Waals surface area contributed by atoms with Crippen molar-refractivity contribution in [1.82, 2.24) is 9.78 Å². The van der Waals surface area contributed by atoms with E-state index in [0.29, 0.717) is 0 Å². The van der Waals surface area contributed by atoms with Gasteiger partial charge in [-0.2, -0.15) is 5.10 Å². The molecule has 0 aliphatic carbocycles. The van der Waals surface area contributed by atoms with Gasteiger partial charge < -0.3 is 4.74 Å². The summed E-state index contributed by atoms with van der Waals surface area (Å²) in [6, 6.07) is 31.3. The van der Waals surface area contributed by atoms with Gasteiger partial charge in [-0.05, 0) is 25.0 Å². The minimum atomic E-state index is -0.101. The highest BCUT2D eigenvalue weighted by atomic mass is 16.5. The summed E-state index contributed by atoms with van der Waals surface area (Å²) in [5.41, 5.74) is 7.77. The van der Waals surface area contributed by atoms with Crippen molar-refractivity contribution in [2.24, 2.45) is 0 Å². The zero-order valence-electron chi connectivity index (χ0n) is 17.2. The fourth-order valence-electron chi connectivity index (χ4n) is 4.13. The number of nitrogens with zero attached hydrogens (tertiary/aromatic N) is 2. The van der Waals surface area contributed by atoms with Crippen LogP contribution in [0.3, 0.4) is 0 Å². The molecule has 1 aromatic heterocycles. The molecule has 5 rings (SSSR count). The zero-order chi connectivity index (χ0) is 20.5. The van der Waals surface area contributed by atoms with Crippen LogP contribution in [0.4, 0.5) is 0 Å². The Kier molecular flexibility index (Phi) is 4.72. The molecule has 0 saturated heterocycles.